The molecule has 4 N–H and O–H groups in total. The van der Waals surface area contributed by atoms with Gasteiger partial charge in [0.2, 0.25) is 11.8 Å². The van der Waals surface area contributed by atoms with Gasteiger partial charge in [-0.15, -0.1) is 0 Å². The zero-order valence-corrected chi connectivity index (χ0v) is 10.7. The summed E-state index contributed by atoms with van der Waals surface area (Å²) in [5.41, 5.74) is 0. The zero-order chi connectivity index (χ0) is 12.8. The average molecular weight is 242 g/mol. The van der Waals surface area contributed by atoms with E-state index in [0.717, 1.165) is 6.54 Å². The molecule has 6 nitrogen and oxygen atoms in total. The van der Waals surface area contributed by atoms with E-state index in [1.54, 1.807) is 0 Å². The van der Waals surface area contributed by atoms with Crippen LogP contribution in [0.3, 0.4) is 0 Å². The SMILES string of the molecule is CC(C)NC(=O)CNC(=O)C1CNC(C)CN1. The van der Waals surface area contributed by atoms with E-state index in [-0.39, 0.29) is 30.4 Å². The van der Waals surface area contributed by atoms with Crippen molar-refractivity contribution in [3.63, 3.8) is 0 Å². The summed E-state index contributed by atoms with van der Waals surface area (Å²) in [5.74, 6) is -0.297. The lowest BCUT2D eigenvalue weighted by molar-refractivity contribution is -0.127. The van der Waals surface area contributed by atoms with E-state index in [1.807, 2.05) is 13.8 Å². The number of rotatable bonds is 4. The van der Waals surface area contributed by atoms with Gasteiger partial charge in [0, 0.05) is 25.2 Å². The third-order valence-electron chi connectivity index (χ3n) is 2.53. The summed E-state index contributed by atoms with van der Waals surface area (Å²) in [6, 6.07) is 0.219. The molecule has 0 spiro atoms. The maximum absolute atomic E-state index is 11.7. The Kier molecular flexibility index (Phi) is 5.37. The van der Waals surface area contributed by atoms with Gasteiger partial charge in [-0.3, -0.25) is 9.59 Å². The van der Waals surface area contributed by atoms with Crippen molar-refractivity contribution >= 4 is 11.8 Å². The van der Waals surface area contributed by atoms with Gasteiger partial charge in [-0.25, -0.2) is 0 Å². The topological polar surface area (TPSA) is 82.3 Å². The zero-order valence-electron chi connectivity index (χ0n) is 10.7. The van der Waals surface area contributed by atoms with Crippen molar-refractivity contribution in [1.29, 1.82) is 0 Å². The normalized spacial score (nSPS) is 24.5. The first-order valence-corrected chi connectivity index (χ1v) is 6.03. The highest BCUT2D eigenvalue weighted by atomic mass is 16.2. The van der Waals surface area contributed by atoms with Crippen LogP contribution in [-0.4, -0.2) is 49.6 Å². The van der Waals surface area contributed by atoms with Crippen LogP contribution in [0.1, 0.15) is 20.8 Å². The number of hydrogen-bond acceptors (Lipinski definition) is 4. The largest absolute Gasteiger partial charge is 0.352 e. The van der Waals surface area contributed by atoms with Gasteiger partial charge in [-0.2, -0.15) is 0 Å². The van der Waals surface area contributed by atoms with Crippen LogP contribution in [0.5, 0.6) is 0 Å². The van der Waals surface area contributed by atoms with Crippen LogP contribution in [0.25, 0.3) is 0 Å². The molecule has 1 rings (SSSR count). The second-order valence-electron chi connectivity index (χ2n) is 4.71. The molecule has 0 aromatic heterocycles. The van der Waals surface area contributed by atoms with Crippen molar-refractivity contribution in [2.45, 2.75) is 38.9 Å². The highest BCUT2D eigenvalue weighted by Crippen LogP contribution is 1.92. The molecule has 0 saturated carbocycles. The van der Waals surface area contributed by atoms with Gasteiger partial charge in [0.15, 0.2) is 0 Å². The lowest BCUT2D eigenvalue weighted by Gasteiger charge is -2.28. The van der Waals surface area contributed by atoms with Crippen molar-refractivity contribution in [3.8, 4) is 0 Å². The summed E-state index contributed by atoms with van der Waals surface area (Å²) in [6.07, 6.45) is 0. The van der Waals surface area contributed by atoms with Crippen molar-refractivity contribution in [3.05, 3.63) is 0 Å². The minimum Gasteiger partial charge on any atom is -0.352 e. The van der Waals surface area contributed by atoms with Crippen molar-refractivity contribution in [1.82, 2.24) is 21.3 Å². The summed E-state index contributed by atoms with van der Waals surface area (Å²) in [6.45, 7) is 7.21. The fraction of sp³-hybridized carbons (Fsp3) is 0.818. The second kappa shape index (κ2) is 6.56. The van der Waals surface area contributed by atoms with Gasteiger partial charge in [0.1, 0.15) is 0 Å². The Hall–Kier alpha value is -1.14. The number of nitrogens with one attached hydrogen (secondary N) is 4. The van der Waals surface area contributed by atoms with E-state index in [1.165, 1.54) is 0 Å². The van der Waals surface area contributed by atoms with E-state index in [2.05, 4.69) is 28.2 Å². The molecule has 1 heterocycles. The van der Waals surface area contributed by atoms with Crippen LogP contribution in [-0.2, 0) is 9.59 Å². The monoisotopic (exact) mass is 242 g/mol. The van der Waals surface area contributed by atoms with Crippen LogP contribution in [0, 0.1) is 0 Å². The summed E-state index contributed by atoms with van der Waals surface area (Å²) in [5, 5.41) is 11.7. The highest BCUT2D eigenvalue weighted by Gasteiger charge is 2.23. The molecule has 2 amide bonds. The lowest BCUT2D eigenvalue weighted by atomic mass is 10.1. The first kappa shape index (κ1) is 13.9. The van der Waals surface area contributed by atoms with Crippen molar-refractivity contribution < 1.29 is 9.59 Å². The Morgan fingerprint density at radius 2 is 2.00 bits per heavy atom. The third-order valence-corrected chi connectivity index (χ3v) is 2.53. The maximum Gasteiger partial charge on any atom is 0.239 e. The highest BCUT2D eigenvalue weighted by molar-refractivity contribution is 5.87. The van der Waals surface area contributed by atoms with Gasteiger partial charge in [0.25, 0.3) is 0 Å². The lowest BCUT2D eigenvalue weighted by Crippen LogP contribution is -2.59. The minimum absolute atomic E-state index is 0.0325. The molecule has 0 radical (unpaired) electrons. The summed E-state index contributed by atoms with van der Waals surface area (Å²) < 4.78 is 0. The molecule has 0 aliphatic carbocycles. The Balaban J connectivity index is 2.23. The van der Waals surface area contributed by atoms with Gasteiger partial charge in [-0.1, -0.05) is 0 Å². The molecule has 6 heteroatoms. The van der Waals surface area contributed by atoms with Crippen LogP contribution in [0.15, 0.2) is 0 Å². The molecule has 0 aromatic rings. The summed E-state index contributed by atoms with van der Waals surface area (Å²) in [7, 11) is 0. The Morgan fingerprint density at radius 3 is 2.53 bits per heavy atom. The molecule has 98 valence electrons. The molecular formula is C11H22N4O2. The number of hydrogen-bond donors (Lipinski definition) is 4. The van der Waals surface area contributed by atoms with Gasteiger partial charge < -0.3 is 21.3 Å². The molecule has 17 heavy (non-hydrogen) atoms. The summed E-state index contributed by atoms with van der Waals surface area (Å²) >= 11 is 0. The molecule has 1 fully saturated rings. The van der Waals surface area contributed by atoms with Gasteiger partial charge in [0.05, 0.1) is 12.6 Å². The Morgan fingerprint density at radius 1 is 1.29 bits per heavy atom. The molecule has 2 unspecified atom stereocenters. The van der Waals surface area contributed by atoms with Crippen molar-refractivity contribution in [2.75, 3.05) is 19.6 Å². The standard InChI is InChI=1S/C11H22N4O2/c1-7(2)15-10(16)6-14-11(17)9-5-12-8(3)4-13-9/h7-9,12-13H,4-6H2,1-3H3,(H,14,17)(H,15,16). The molecule has 0 bridgehead atoms. The van der Waals surface area contributed by atoms with E-state index in [9.17, 15) is 9.59 Å². The van der Waals surface area contributed by atoms with Crippen LogP contribution in [0.2, 0.25) is 0 Å². The number of carbonyl (C=O) groups excluding carboxylic acids is 2. The van der Waals surface area contributed by atoms with Gasteiger partial charge >= 0.3 is 0 Å². The molecule has 1 aliphatic rings. The molecular weight excluding hydrogens is 220 g/mol. The molecule has 1 aliphatic heterocycles. The minimum atomic E-state index is -0.252. The quantitative estimate of drug-likeness (QED) is 0.487. The fourth-order valence-corrected chi connectivity index (χ4v) is 1.63. The van der Waals surface area contributed by atoms with Gasteiger partial charge in [-0.05, 0) is 20.8 Å². The van der Waals surface area contributed by atoms with Crippen molar-refractivity contribution in [2.24, 2.45) is 0 Å². The van der Waals surface area contributed by atoms with E-state index < -0.39 is 0 Å². The molecule has 2 atom stereocenters. The first-order valence-electron chi connectivity index (χ1n) is 6.03. The van der Waals surface area contributed by atoms with E-state index in [0.29, 0.717) is 12.6 Å². The maximum atomic E-state index is 11.7. The predicted octanol–water partition coefficient (Wildman–Crippen LogP) is -1.42. The number of carbonyl (C=O) groups is 2. The smallest absolute Gasteiger partial charge is 0.239 e. The third kappa shape index (κ3) is 5.14. The summed E-state index contributed by atoms with van der Waals surface area (Å²) in [4.78, 5) is 23.0. The number of piperazine rings is 1. The number of amides is 2. The molecule has 1 saturated heterocycles. The molecule has 0 aromatic carbocycles. The van der Waals surface area contributed by atoms with Crippen LogP contribution < -0.4 is 21.3 Å². The fourth-order valence-electron chi connectivity index (χ4n) is 1.63. The average Bonchev–Trinajstić information content (AvgIpc) is 2.26. The van der Waals surface area contributed by atoms with Crippen LogP contribution in [0.4, 0.5) is 0 Å². The Labute approximate surface area is 102 Å². The van der Waals surface area contributed by atoms with E-state index >= 15 is 0 Å². The second-order valence-corrected chi connectivity index (χ2v) is 4.71. The predicted molar refractivity (Wildman–Crippen MR) is 65.5 cm³/mol. The van der Waals surface area contributed by atoms with E-state index in [4.69, 9.17) is 0 Å². The first-order chi connectivity index (χ1) is 7.99. The Bertz CT molecular complexity index is 273. The van der Waals surface area contributed by atoms with Crippen LogP contribution >= 0.6 is 0 Å².